The van der Waals surface area contributed by atoms with Gasteiger partial charge in [-0.15, -0.1) is 0 Å². The molecule has 3 N–H and O–H groups in total. The molecule has 0 aliphatic rings. The van der Waals surface area contributed by atoms with E-state index >= 15 is 0 Å². The van der Waals surface area contributed by atoms with Gasteiger partial charge in [0.2, 0.25) is 0 Å². The van der Waals surface area contributed by atoms with Crippen molar-refractivity contribution in [2.75, 3.05) is 0 Å². The van der Waals surface area contributed by atoms with E-state index in [9.17, 15) is 0 Å². The normalized spacial score (nSPS) is 5.20. The molecule has 0 amide bonds. The van der Waals surface area contributed by atoms with Crippen LogP contribution in [0.1, 0.15) is 0 Å². The van der Waals surface area contributed by atoms with Crippen molar-refractivity contribution in [1.82, 2.24) is 6.15 Å². The third-order valence-corrected chi connectivity index (χ3v) is 0. The summed E-state index contributed by atoms with van der Waals surface area (Å²) in [5.41, 5.74) is 0. The number of hydrogen-bond donors (Lipinski definition) is 1. The predicted octanol–water partition coefficient (Wildman–Crippen LogP) is 2.10. The molecule has 0 saturated carbocycles. The summed E-state index contributed by atoms with van der Waals surface area (Å²) < 4.78 is 0.111. The summed E-state index contributed by atoms with van der Waals surface area (Å²) in [6.07, 6.45) is 0. The van der Waals surface area contributed by atoms with Crippen LogP contribution in [0.25, 0.3) is 0 Å². The van der Waals surface area contributed by atoms with Gasteiger partial charge in [-0.1, -0.05) is 29.8 Å². The van der Waals surface area contributed by atoms with Crippen molar-refractivity contribution in [3.63, 3.8) is 0 Å². The Kier molecular flexibility index (Phi) is 7.70. The quantitative estimate of drug-likeness (QED) is 0.514. The maximum absolute atomic E-state index is 4.85. The molecule has 32 valence electrons. The Morgan fingerprint density at radius 3 is 1.40 bits per heavy atom. The van der Waals surface area contributed by atoms with Gasteiger partial charge in [-0.25, -0.2) is 0 Å². The molecular formula is C2H5Cl2N. The second kappa shape index (κ2) is 4.28. The van der Waals surface area contributed by atoms with Crippen molar-refractivity contribution in [1.29, 1.82) is 0 Å². The molecule has 3 heteroatoms. The lowest BCUT2D eigenvalue weighted by Crippen LogP contribution is -1.24. The van der Waals surface area contributed by atoms with E-state index in [0.29, 0.717) is 0 Å². The van der Waals surface area contributed by atoms with Gasteiger partial charge < -0.3 is 6.15 Å². The first-order valence-corrected chi connectivity index (χ1v) is 1.49. The Morgan fingerprint density at radius 1 is 1.40 bits per heavy atom. The predicted molar refractivity (Wildman–Crippen MR) is 25.9 cm³/mol. The van der Waals surface area contributed by atoms with Gasteiger partial charge >= 0.3 is 0 Å². The highest BCUT2D eigenvalue weighted by atomic mass is 35.5. The molecule has 0 spiro atoms. The van der Waals surface area contributed by atoms with Gasteiger partial charge in [0.15, 0.2) is 0 Å². The largest absolute Gasteiger partial charge is 0.344 e. The lowest BCUT2D eigenvalue weighted by atomic mass is 11.3. The molecule has 0 rings (SSSR count). The van der Waals surface area contributed by atoms with Crippen molar-refractivity contribution < 1.29 is 0 Å². The van der Waals surface area contributed by atoms with Crippen molar-refractivity contribution >= 4 is 23.2 Å². The SMILES string of the molecule is C=C(Cl)Cl.N. The van der Waals surface area contributed by atoms with Gasteiger partial charge in [0.1, 0.15) is 0 Å². The highest BCUT2D eigenvalue weighted by Crippen LogP contribution is 1.98. The molecule has 0 fully saturated rings. The summed E-state index contributed by atoms with van der Waals surface area (Å²) in [5.74, 6) is 0. The third-order valence-electron chi connectivity index (χ3n) is 0. The number of halogens is 2. The van der Waals surface area contributed by atoms with Crippen LogP contribution in [0, 0.1) is 0 Å². The van der Waals surface area contributed by atoms with Crippen LogP contribution in [0.15, 0.2) is 11.1 Å². The monoisotopic (exact) mass is 113 g/mol. The van der Waals surface area contributed by atoms with Crippen LogP contribution in [0.5, 0.6) is 0 Å². The van der Waals surface area contributed by atoms with Gasteiger partial charge in [-0.05, 0) is 0 Å². The second-order valence-electron chi connectivity index (χ2n) is 0.339. The molecule has 0 aromatic heterocycles. The van der Waals surface area contributed by atoms with Crippen molar-refractivity contribution in [2.45, 2.75) is 0 Å². The smallest absolute Gasteiger partial charge is 0.0992 e. The van der Waals surface area contributed by atoms with Crippen LogP contribution in [0.4, 0.5) is 0 Å². The fraction of sp³-hybridized carbons (Fsp3) is 0. The van der Waals surface area contributed by atoms with Crippen LogP contribution in [0.3, 0.4) is 0 Å². The third kappa shape index (κ3) is 284. The number of hydrogen-bond acceptors (Lipinski definition) is 1. The molecule has 0 saturated heterocycles. The Labute approximate surface area is 41.2 Å². The fourth-order valence-electron chi connectivity index (χ4n) is 0. The standard InChI is InChI=1S/C2H2Cl2.H3N/c1-2(3)4;/h1H2;1H3. The van der Waals surface area contributed by atoms with Crippen LogP contribution >= 0.6 is 23.2 Å². The molecule has 0 aromatic carbocycles. The highest BCUT2D eigenvalue weighted by molar-refractivity contribution is 6.55. The van der Waals surface area contributed by atoms with Crippen LogP contribution < -0.4 is 6.15 Å². The first-order valence-electron chi connectivity index (χ1n) is 0.732. The second-order valence-corrected chi connectivity index (χ2v) is 1.44. The Balaban J connectivity index is 0. The van der Waals surface area contributed by atoms with Crippen molar-refractivity contribution in [3.8, 4) is 0 Å². The molecule has 0 radical (unpaired) electrons. The molecule has 0 aliphatic carbocycles. The average molecular weight is 114 g/mol. The Bertz CT molecular complexity index is 30.6. The fourth-order valence-corrected chi connectivity index (χ4v) is 0. The van der Waals surface area contributed by atoms with Crippen LogP contribution in [0.2, 0.25) is 0 Å². The number of rotatable bonds is 0. The van der Waals surface area contributed by atoms with Crippen molar-refractivity contribution in [3.05, 3.63) is 11.1 Å². The lowest BCUT2D eigenvalue weighted by Gasteiger charge is -1.57. The van der Waals surface area contributed by atoms with Gasteiger partial charge in [-0.3, -0.25) is 0 Å². The molecule has 0 bridgehead atoms. The topological polar surface area (TPSA) is 35.0 Å². The maximum Gasteiger partial charge on any atom is 0.0992 e. The molecule has 1 nitrogen and oxygen atoms in total. The first kappa shape index (κ1) is 8.99. The zero-order valence-corrected chi connectivity index (χ0v) is 4.18. The summed E-state index contributed by atoms with van der Waals surface area (Å²) in [5, 5.41) is 0. The molecule has 0 heterocycles. The minimum Gasteiger partial charge on any atom is -0.344 e. The van der Waals surface area contributed by atoms with E-state index in [2.05, 4.69) is 6.58 Å². The molecular weight excluding hydrogens is 109 g/mol. The zero-order valence-electron chi connectivity index (χ0n) is 2.67. The molecule has 5 heavy (non-hydrogen) atoms. The molecule has 0 aromatic rings. The van der Waals surface area contributed by atoms with Gasteiger partial charge in [-0.2, -0.15) is 0 Å². The summed E-state index contributed by atoms with van der Waals surface area (Å²) in [6.45, 7) is 3.09. The van der Waals surface area contributed by atoms with Crippen LogP contribution in [-0.2, 0) is 0 Å². The van der Waals surface area contributed by atoms with Gasteiger partial charge in [0, 0.05) is 0 Å². The minimum absolute atomic E-state index is 0. The van der Waals surface area contributed by atoms with Crippen LogP contribution in [-0.4, -0.2) is 0 Å². The van der Waals surface area contributed by atoms with E-state index in [4.69, 9.17) is 23.2 Å². The van der Waals surface area contributed by atoms with E-state index in [-0.39, 0.29) is 10.6 Å². The molecule has 0 atom stereocenters. The zero-order chi connectivity index (χ0) is 3.58. The van der Waals surface area contributed by atoms with E-state index in [0.717, 1.165) is 0 Å². The van der Waals surface area contributed by atoms with E-state index in [1.165, 1.54) is 0 Å². The van der Waals surface area contributed by atoms with E-state index < -0.39 is 0 Å². The molecule has 0 aliphatic heterocycles. The average Bonchev–Trinajstić information content (AvgIpc) is 0.811. The maximum atomic E-state index is 4.85. The lowest BCUT2D eigenvalue weighted by molar-refractivity contribution is 2.13. The summed E-state index contributed by atoms with van der Waals surface area (Å²) in [7, 11) is 0. The Hall–Kier alpha value is 0.280. The van der Waals surface area contributed by atoms with E-state index in [1.807, 2.05) is 0 Å². The van der Waals surface area contributed by atoms with Gasteiger partial charge in [0.05, 0.1) is 4.49 Å². The Morgan fingerprint density at radius 2 is 1.40 bits per heavy atom. The minimum atomic E-state index is 0. The summed E-state index contributed by atoms with van der Waals surface area (Å²) in [6, 6.07) is 0. The van der Waals surface area contributed by atoms with Gasteiger partial charge in [0.25, 0.3) is 0 Å². The molecule has 0 unspecified atom stereocenters. The van der Waals surface area contributed by atoms with E-state index in [1.54, 1.807) is 0 Å². The van der Waals surface area contributed by atoms with Crippen molar-refractivity contribution in [2.24, 2.45) is 0 Å². The highest BCUT2D eigenvalue weighted by Gasteiger charge is 1.60. The first-order chi connectivity index (χ1) is 1.73. The summed E-state index contributed by atoms with van der Waals surface area (Å²) in [4.78, 5) is 0. The summed E-state index contributed by atoms with van der Waals surface area (Å²) >= 11 is 9.69.